The quantitative estimate of drug-likeness (QED) is 0.904. The van der Waals surface area contributed by atoms with E-state index in [9.17, 15) is 13.2 Å². The molecule has 0 aromatic heterocycles. The molecule has 2 N–H and O–H groups in total. The number of alkyl halides is 3. The molecule has 1 fully saturated rings. The molecule has 0 saturated carbocycles. The van der Waals surface area contributed by atoms with Gasteiger partial charge in [0.1, 0.15) is 0 Å². The molecule has 0 radical (unpaired) electrons. The first-order valence-electron chi connectivity index (χ1n) is 7.30. The van der Waals surface area contributed by atoms with Crippen molar-refractivity contribution < 1.29 is 13.2 Å². The van der Waals surface area contributed by atoms with Gasteiger partial charge in [-0.05, 0) is 17.5 Å². The first-order valence-corrected chi connectivity index (χ1v) is 7.30. The van der Waals surface area contributed by atoms with Crippen LogP contribution in [0.4, 0.5) is 13.2 Å². The van der Waals surface area contributed by atoms with Gasteiger partial charge in [0.05, 0.1) is 6.54 Å². The van der Waals surface area contributed by atoms with Crippen molar-refractivity contribution in [2.75, 3.05) is 32.7 Å². The fourth-order valence-corrected chi connectivity index (χ4v) is 3.47. The fraction of sp³-hybridized carbons (Fsp3) is 0.600. The minimum Gasteiger partial charge on any atom is -0.323 e. The molecule has 3 nitrogen and oxygen atoms in total. The Kier molecular flexibility index (Phi) is 3.94. The Bertz CT molecular complexity index is 495. The number of halogens is 3. The van der Waals surface area contributed by atoms with Crippen molar-refractivity contribution in [3.8, 4) is 0 Å². The zero-order chi connectivity index (χ0) is 15.0. The van der Waals surface area contributed by atoms with E-state index in [1.165, 1.54) is 16.0 Å². The first kappa shape index (κ1) is 14.8. The van der Waals surface area contributed by atoms with E-state index in [0.717, 1.165) is 6.42 Å². The average Bonchev–Trinajstić information content (AvgIpc) is 2.76. The molecule has 2 unspecified atom stereocenters. The van der Waals surface area contributed by atoms with Gasteiger partial charge in [-0.2, -0.15) is 13.2 Å². The van der Waals surface area contributed by atoms with Crippen LogP contribution in [0.2, 0.25) is 0 Å². The van der Waals surface area contributed by atoms with Crippen LogP contribution in [-0.4, -0.2) is 54.7 Å². The van der Waals surface area contributed by atoms with Crippen molar-refractivity contribution in [3.63, 3.8) is 0 Å². The van der Waals surface area contributed by atoms with Crippen LogP contribution in [0.15, 0.2) is 24.3 Å². The second-order valence-corrected chi connectivity index (χ2v) is 5.92. The van der Waals surface area contributed by atoms with Crippen LogP contribution >= 0.6 is 0 Å². The molecule has 1 aliphatic carbocycles. The van der Waals surface area contributed by atoms with E-state index >= 15 is 0 Å². The Morgan fingerprint density at radius 2 is 1.76 bits per heavy atom. The zero-order valence-corrected chi connectivity index (χ0v) is 11.8. The molecule has 2 aliphatic rings. The van der Waals surface area contributed by atoms with Gasteiger partial charge in [0.2, 0.25) is 0 Å². The maximum Gasteiger partial charge on any atom is 0.401 e. The summed E-state index contributed by atoms with van der Waals surface area (Å²) in [5, 5.41) is 0. The second-order valence-electron chi connectivity index (χ2n) is 5.92. The fourth-order valence-electron chi connectivity index (χ4n) is 3.47. The normalized spacial score (nSPS) is 27.8. The van der Waals surface area contributed by atoms with Crippen LogP contribution in [0.5, 0.6) is 0 Å². The van der Waals surface area contributed by atoms with Gasteiger partial charge in [-0.25, -0.2) is 0 Å². The molecular weight excluding hydrogens is 279 g/mol. The van der Waals surface area contributed by atoms with E-state index in [2.05, 4.69) is 17.0 Å². The predicted octanol–water partition coefficient (Wildman–Crippen LogP) is 1.79. The predicted molar refractivity (Wildman–Crippen MR) is 74.9 cm³/mol. The van der Waals surface area contributed by atoms with Crippen molar-refractivity contribution in [3.05, 3.63) is 35.4 Å². The van der Waals surface area contributed by atoms with Crippen molar-refractivity contribution in [2.45, 2.75) is 24.7 Å². The van der Waals surface area contributed by atoms with E-state index in [-0.39, 0.29) is 12.1 Å². The lowest BCUT2D eigenvalue weighted by molar-refractivity contribution is -0.149. The lowest BCUT2D eigenvalue weighted by Crippen LogP contribution is -2.53. The molecular formula is C15H20F3N3. The molecule has 1 saturated heterocycles. The van der Waals surface area contributed by atoms with Gasteiger partial charge in [0.15, 0.2) is 0 Å². The monoisotopic (exact) mass is 299 g/mol. The van der Waals surface area contributed by atoms with Crippen LogP contribution in [0.3, 0.4) is 0 Å². The molecule has 1 heterocycles. The van der Waals surface area contributed by atoms with Crippen LogP contribution in [-0.2, 0) is 6.42 Å². The number of piperazine rings is 1. The van der Waals surface area contributed by atoms with Gasteiger partial charge in [-0.3, -0.25) is 9.80 Å². The summed E-state index contributed by atoms with van der Waals surface area (Å²) in [7, 11) is 0. The highest BCUT2D eigenvalue weighted by Crippen LogP contribution is 2.33. The Balaban J connectivity index is 1.59. The number of fused-ring (bicyclic) bond motifs is 1. The number of hydrogen-bond donors (Lipinski definition) is 1. The Labute approximate surface area is 122 Å². The topological polar surface area (TPSA) is 32.5 Å². The van der Waals surface area contributed by atoms with Crippen molar-refractivity contribution >= 4 is 0 Å². The van der Waals surface area contributed by atoms with E-state index in [4.69, 9.17) is 5.73 Å². The van der Waals surface area contributed by atoms with Crippen molar-refractivity contribution in [1.82, 2.24) is 9.80 Å². The van der Waals surface area contributed by atoms with E-state index in [0.29, 0.717) is 26.2 Å². The first-order chi connectivity index (χ1) is 9.94. The Hall–Kier alpha value is -1.11. The molecule has 21 heavy (non-hydrogen) atoms. The molecule has 2 atom stereocenters. The molecule has 0 amide bonds. The van der Waals surface area contributed by atoms with Gasteiger partial charge in [0.25, 0.3) is 0 Å². The largest absolute Gasteiger partial charge is 0.401 e. The Morgan fingerprint density at radius 1 is 1.10 bits per heavy atom. The summed E-state index contributed by atoms with van der Waals surface area (Å²) in [5.74, 6) is 0. The van der Waals surface area contributed by atoms with Crippen LogP contribution in [0.1, 0.15) is 17.2 Å². The highest BCUT2D eigenvalue weighted by atomic mass is 19.4. The van der Waals surface area contributed by atoms with Crippen LogP contribution in [0, 0.1) is 0 Å². The summed E-state index contributed by atoms with van der Waals surface area (Å²) >= 11 is 0. The highest BCUT2D eigenvalue weighted by Gasteiger charge is 2.37. The second kappa shape index (κ2) is 5.59. The maximum absolute atomic E-state index is 12.4. The van der Waals surface area contributed by atoms with Gasteiger partial charge < -0.3 is 5.73 Å². The molecule has 116 valence electrons. The number of hydrogen-bond acceptors (Lipinski definition) is 3. The standard InChI is InChI=1S/C15H20F3N3/c16-15(17,18)10-20-5-7-21(8-6-20)13-9-11-3-1-2-4-12(11)14(13)19/h1-4,13-14H,5-10,19H2. The van der Waals surface area contributed by atoms with E-state index in [1.54, 1.807) is 0 Å². The van der Waals surface area contributed by atoms with Crippen molar-refractivity contribution in [2.24, 2.45) is 5.73 Å². The minimum absolute atomic E-state index is 0.0321. The molecule has 1 aliphatic heterocycles. The summed E-state index contributed by atoms with van der Waals surface area (Å²) in [5.41, 5.74) is 8.77. The third-order valence-corrected chi connectivity index (χ3v) is 4.54. The number of nitrogens with two attached hydrogens (primary N) is 1. The number of rotatable bonds is 2. The third kappa shape index (κ3) is 3.22. The SMILES string of the molecule is NC1c2ccccc2CC1N1CCN(CC(F)(F)F)CC1. The van der Waals surface area contributed by atoms with Gasteiger partial charge in [-0.15, -0.1) is 0 Å². The lowest BCUT2D eigenvalue weighted by Gasteiger charge is -2.39. The molecule has 3 rings (SSSR count). The molecule has 1 aromatic carbocycles. The molecule has 0 spiro atoms. The summed E-state index contributed by atoms with van der Waals surface area (Å²) in [6, 6.07) is 8.33. The van der Waals surface area contributed by atoms with Gasteiger partial charge in [-0.1, -0.05) is 24.3 Å². The zero-order valence-electron chi connectivity index (χ0n) is 11.8. The smallest absolute Gasteiger partial charge is 0.323 e. The van der Waals surface area contributed by atoms with Crippen LogP contribution in [0.25, 0.3) is 0 Å². The lowest BCUT2D eigenvalue weighted by atomic mass is 10.1. The van der Waals surface area contributed by atoms with Gasteiger partial charge >= 0.3 is 6.18 Å². The van der Waals surface area contributed by atoms with Crippen molar-refractivity contribution in [1.29, 1.82) is 0 Å². The summed E-state index contributed by atoms with van der Waals surface area (Å²) in [6.07, 6.45) is -3.21. The Morgan fingerprint density at radius 3 is 2.38 bits per heavy atom. The van der Waals surface area contributed by atoms with E-state index < -0.39 is 12.7 Å². The highest BCUT2D eigenvalue weighted by molar-refractivity contribution is 5.36. The minimum atomic E-state index is -4.11. The molecule has 1 aromatic rings. The molecule has 6 heteroatoms. The average molecular weight is 299 g/mol. The number of benzene rings is 1. The maximum atomic E-state index is 12.4. The summed E-state index contributed by atoms with van der Waals surface area (Å²) in [4.78, 5) is 3.72. The summed E-state index contributed by atoms with van der Waals surface area (Å²) < 4.78 is 37.2. The van der Waals surface area contributed by atoms with Gasteiger partial charge in [0, 0.05) is 38.3 Å². The third-order valence-electron chi connectivity index (χ3n) is 4.54. The summed E-state index contributed by atoms with van der Waals surface area (Å²) in [6.45, 7) is 1.42. The van der Waals surface area contributed by atoms with E-state index in [1.807, 2.05) is 12.1 Å². The van der Waals surface area contributed by atoms with Crippen LogP contribution < -0.4 is 5.73 Å². The molecule has 0 bridgehead atoms. The number of nitrogens with zero attached hydrogens (tertiary/aromatic N) is 2.